The highest BCUT2D eigenvalue weighted by Gasteiger charge is 2.25. The number of aryl methyl sites for hydroxylation is 1. The van der Waals surface area contributed by atoms with E-state index in [1.54, 1.807) is 0 Å². The molecule has 1 N–H and O–H groups in total. The molecule has 6 heteroatoms. The number of nitrogens with zero attached hydrogens (tertiary/aromatic N) is 1. The summed E-state index contributed by atoms with van der Waals surface area (Å²) < 4.78 is 5.95. The smallest absolute Gasteiger partial charge is 0.227 e. The molecule has 2 aromatic heterocycles. The number of benzene rings is 2. The molecule has 4 rings (SSSR count). The monoisotopic (exact) mass is 439 g/mol. The van der Waals surface area contributed by atoms with Crippen molar-refractivity contribution in [1.82, 2.24) is 4.98 Å². The van der Waals surface area contributed by atoms with Crippen molar-refractivity contribution in [3.8, 4) is 22.4 Å². The van der Waals surface area contributed by atoms with Gasteiger partial charge in [-0.15, -0.1) is 0 Å². The lowest BCUT2D eigenvalue weighted by molar-refractivity contribution is -0.122. The van der Waals surface area contributed by atoms with Gasteiger partial charge in [-0.05, 0) is 43.7 Å². The highest BCUT2D eigenvalue weighted by molar-refractivity contribution is 6.33. The quantitative estimate of drug-likeness (QED) is 0.372. The number of pyridine rings is 1. The van der Waals surface area contributed by atoms with Gasteiger partial charge in [0.25, 0.3) is 0 Å². The normalized spacial score (nSPS) is 13.4. The number of aldehydes is 1. The van der Waals surface area contributed by atoms with E-state index in [0.717, 1.165) is 27.6 Å². The molecule has 152 valence electrons. The summed E-state index contributed by atoms with van der Waals surface area (Å²) >= 11 is 12.5. The largest absolute Gasteiger partial charge is 0.442 e. The molecular weight excluding hydrogens is 421 g/mol. The van der Waals surface area contributed by atoms with Crippen molar-refractivity contribution >= 4 is 40.6 Å². The molecule has 0 aliphatic heterocycles. The van der Waals surface area contributed by atoms with Gasteiger partial charge in [-0.3, -0.25) is 0 Å². The molecule has 0 fully saturated rings. The Labute approximate surface area is 184 Å². The number of rotatable bonds is 5. The fourth-order valence-electron chi connectivity index (χ4n) is 3.43. The molecule has 0 bridgehead atoms. The maximum atomic E-state index is 11.2. The summed E-state index contributed by atoms with van der Waals surface area (Å²) in [5.41, 5.74) is 3.02. The minimum Gasteiger partial charge on any atom is -0.442 e. The molecule has 0 saturated carbocycles. The van der Waals surface area contributed by atoms with E-state index in [2.05, 4.69) is 0 Å². The zero-order valence-corrected chi connectivity index (χ0v) is 18.0. The molecule has 0 radical (unpaired) electrons. The number of halogens is 2. The van der Waals surface area contributed by atoms with Gasteiger partial charge in [0.1, 0.15) is 11.4 Å². The molecule has 2 heterocycles. The van der Waals surface area contributed by atoms with E-state index in [0.29, 0.717) is 33.5 Å². The lowest BCUT2D eigenvalue weighted by Crippen LogP contribution is -2.28. The molecule has 4 nitrogen and oxygen atoms in total. The third-order valence-corrected chi connectivity index (χ3v) is 5.67. The van der Waals surface area contributed by atoms with Crippen LogP contribution in [-0.2, 0) is 11.2 Å². The average Bonchev–Trinajstić information content (AvgIpc) is 3.02. The standard InChI is InChI=1S/C24H19Cl2NO3/c1-14-18-11-19(15-7-9-16(25)10-8-15)22(17-5-3-4-6-20(17)26)27-23(18)30-21(14)12-24(2,29)13-28/h3-11,13,29H,12H2,1-2H3. The van der Waals surface area contributed by atoms with Crippen LogP contribution >= 0.6 is 23.2 Å². The Bertz CT molecular complexity index is 1240. The minimum atomic E-state index is -1.51. The molecule has 0 amide bonds. The topological polar surface area (TPSA) is 63.3 Å². The number of hydrogen-bond donors (Lipinski definition) is 1. The van der Waals surface area contributed by atoms with Gasteiger partial charge in [0, 0.05) is 38.5 Å². The van der Waals surface area contributed by atoms with E-state index in [9.17, 15) is 9.90 Å². The van der Waals surface area contributed by atoms with Crippen LogP contribution in [0.3, 0.4) is 0 Å². The molecule has 1 unspecified atom stereocenters. The Morgan fingerprint density at radius 2 is 1.80 bits per heavy atom. The molecule has 30 heavy (non-hydrogen) atoms. The summed E-state index contributed by atoms with van der Waals surface area (Å²) in [6.07, 6.45) is 0.581. The summed E-state index contributed by atoms with van der Waals surface area (Å²) in [4.78, 5) is 16.0. The first kappa shape index (κ1) is 20.6. The van der Waals surface area contributed by atoms with E-state index in [4.69, 9.17) is 32.6 Å². The van der Waals surface area contributed by atoms with Gasteiger partial charge in [0.2, 0.25) is 5.71 Å². The highest BCUT2D eigenvalue weighted by atomic mass is 35.5. The second kappa shape index (κ2) is 7.88. The van der Waals surface area contributed by atoms with Gasteiger partial charge in [-0.25, -0.2) is 4.98 Å². The maximum Gasteiger partial charge on any atom is 0.227 e. The molecule has 4 aromatic rings. The zero-order valence-electron chi connectivity index (χ0n) is 16.4. The van der Waals surface area contributed by atoms with E-state index < -0.39 is 5.60 Å². The second-order valence-corrected chi connectivity index (χ2v) is 8.37. The minimum absolute atomic E-state index is 0.0659. The van der Waals surface area contributed by atoms with Gasteiger partial charge in [-0.1, -0.05) is 53.5 Å². The Morgan fingerprint density at radius 1 is 1.10 bits per heavy atom. The van der Waals surface area contributed by atoms with Crippen LogP contribution in [0.25, 0.3) is 33.5 Å². The molecule has 2 aromatic carbocycles. The van der Waals surface area contributed by atoms with Gasteiger partial charge < -0.3 is 14.3 Å². The summed E-state index contributed by atoms with van der Waals surface area (Å²) in [5.74, 6) is 0.521. The molecule has 1 atom stereocenters. The third-order valence-electron chi connectivity index (χ3n) is 5.09. The second-order valence-electron chi connectivity index (χ2n) is 7.53. The first-order valence-electron chi connectivity index (χ1n) is 9.41. The number of carbonyl (C=O) groups is 1. The number of aromatic nitrogens is 1. The number of furan rings is 1. The van der Waals surface area contributed by atoms with Crippen molar-refractivity contribution < 1.29 is 14.3 Å². The first-order valence-corrected chi connectivity index (χ1v) is 10.2. The van der Waals surface area contributed by atoms with Crippen LogP contribution < -0.4 is 0 Å². The maximum absolute atomic E-state index is 11.2. The van der Waals surface area contributed by atoms with Crippen LogP contribution in [0, 0.1) is 6.92 Å². The number of hydrogen-bond acceptors (Lipinski definition) is 4. The van der Waals surface area contributed by atoms with Gasteiger partial charge in [0.15, 0.2) is 6.29 Å². The number of fused-ring (bicyclic) bond motifs is 1. The van der Waals surface area contributed by atoms with Crippen molar-refractivity contribution in [2.75, 3.05) is 0 Å². The summed E-state index contributed by atoms with van der Waals surface area (Å²) in [6.45, 7) is 3.35. The predicted molar refractivity (Wildman–Crippen MR) is 120 cm³/mol. The number of aliphatic hydroxyl groups is 1. The van der Waals surface area contributed by atoms with Crippen LogP contribution in [0.15, 0.2) is 59.0 Å². The SMILES string of the molecule is Cc1c(CC(C)(O)C=O)oc2nc(-c3ccccc3Cl)c(-c3ccc(Cl)cc3)cc12. The van der Waals surface area contributed by atoms with E-state index >= 15 is 0 Å². The Hall–Kier alpha value is -2.66. The van der Waals surface area contributed by atoms with E-state index in [1.807, 2.05) is 61.5 Å². The Kier molecular flexibility index (Phi) is 5.41. The van der Waals surface area contributed by atoms with Crippen LogP contribution in [-0.4, -0.2) is 22.0 Å². The lowest BCUT2D eigenvalue weighted by atomic mass is 9.96. The van der Waals surface area contributed by atoms with Gasteiger partial charge >= 0.3 is 0 Å². The first-order chi connectivity index (χ1) is 14.3. The molecule has 0 aliphatic rings. The average molecular weight is 440 g/mol. The van der Waals surface area contributed by atoms with Crippen molar-refractivity contribution in [3.05, 3.63) is 76.0 Å². The lowest BCUT2D eigenvalue weighted by Gasteiger charge is -2.13. The van der Waals surface area contributed by atoms with E-state index in [-0.39, 0.29) is 6.42 Å². The van der Waals surface area contributed by atoms with Crippen molar-refractivity contribution in [2.45, 2.75) is 25.9 Å². The summed E-state index contributed by atoms with van der Waals surface area (Å²) in [6, 6.07) is 17.0. The Morgan fingerprint density at radius 3 is 2.47 bits per heavy atom. The van der Waals surface area contributed by atoms with Gasteiger partial charge in [-0.2, -0.15) is 0 Å². The van der Waals surface area contributed by atoms with Crippen LogP contribution in [0.1, 0.15) is 18.2 Å². The zero-order chi connectivity index (χ0) is 21.5. The van der Waals surface area contributed by atoms with E-state index in [1.165, 1.54) is 6.92 Å². The van der Waals surface area contributed by atoms with Crippen LogP contribution in [0.2, 0.25) is 10.0 Å². The van der Waals surface area contributed by atoms with Crippen molar-refractivity contribution in [3.63, 3.8) is 0 Å². The highest BCUT2D eigenvalue weighted by Crippen LogP contribution is 2.39. The fourth-order valence-corrected chi connectivity index (χ4v) is 3.78. The number of carbonyl (C=O) groups excluding carboxylic acids is 1. The molecule has 0 aliphatic carbocycles. The predicted octanol–water partition coefficient (Wildman–Crippen LogP) is 6.27. The van der Waals surface area contributed by atoms with Gasteiger partial charge in [0.05, 0.1) is 5.69 Å². The summed E-state index contributed by atoms with van der Waals surface area (Å²) in [7, 11) is 0. The van der Waals surface area contributed by atoms with Crippen molar-refractivity contribution in [2.24, 2.45) is 0 Å². The molecular formula is C24H19Cl2NO3. The Balaban J connectivity index is 1.98. The van der Waals surface area contributed by atoms with Crippen LogP contribution in [0.5, 0.6) is 0 Å². The van der Waals surface area contributed by atoms with Crippen molar-refractivity contribution in [1.29, 1.82) is 0 Å². The fraction of sp³-hybridized carbons (Fsp3) is 0.167. The third kappa shape index (κ3) is 3.86. The summed E-state index contributed by atoms with van der Waals surface area (Å²) in [5, 5.41) is 12.2. The van der Waals surface area contributed by atoms with Crippen LogP contribution in [0.4, 0.5) is 0 Å². The molecule has 0 spiro atoms. The molecule has 0 saturated heterocycles.